The molecule has 0 aromatic carbocycles. The summed E-state index contributed by atoms with van der Waals surface area (Å²) in [7, 11) is -4.36. The average molecular weight is 780 g/mol. The summed E-state index contributed by atoms with van der Waals surface area (Å²) >= 11 is 0. The van der Waals surface area contributed by atoms with Gasteiger partial charge in [-0.15, -0.1) is 0 Å². The van der Waals surface area contributed by atoms with Gasteiger partial charge in [-0.3, -0.25) is 9.35 Å². The number of allylic oxidation sites excluding steroid dienone is 5. The highest BCUT2D eigenvalue weighted by Gasteiger charge is 2.24. The molecule has 0 bridgehead atoms. The Morgan fingerprint density at radius 3 is 1.17 bits per heavy atom. The maximum absolute atomic E-state index is 12.5. The van der Waals surface area contributed by atoms with Crippen LogP contribution in [0.1, 0.15) is 239 Å². The minimum atomic E-state index is -4.36. The van der Waals surface area contributed by atoms with E-state index in [1.165, 1.54) is 179 Å². The number of carbonyl (C=O) groups excluding carboxylic acids is 1. The smallest absolute Gasteiger partial charge is 0.267 e. The molecule has 0 radical (unpaired) electrons. The summed E-state index contributed by atoms with van der Waals surface area (Å²) in [6, 6.07) is -1.08. The monoisotopic (exact) mass is 780 g/mol. The number of unbranched alkanes of at least 4 members (excludes halogenated alkanes) is 30. The first-order valence-electron chi connectivity index (χ1n) is 23.2. The van der Waals surface area contributed by atoms with E-state index < -0.39 is 28.0 Å². The molecule has 0 aromatic rings. The second-order valence-corrected chi connectivity index (χ2v) is 17.5. The lowest BCUT2D eigenvalue weighted by atomic mass is 10.0. The van der Waals surface area contributed by atoms with Gasteiger partial charge in [0.25, 0.3) is 10.1 Å². The van der Waals surface area contributed by atoms with Crippen LogP contribution in [0.3, 0.4) is 0 Å². The highest BCUT2D eigenvalue weighted by molar-refractivity contribution is 7.85. The first kappa shape index (κ1) is 52.6. The number of carbonyl (C=O) groups is 1. The van der Waals surface area contributed by atoms with Crippen LogP contribution in [-0.4, -0.2) is 41.9 Å². The van der Waals surface area contributed by atoms with Gasteiger partial charge in [0.1, 0.15) is 0 Å². The van der Waals surface area contributed by atoms with Crippen molar-refractivity contribution in [1.82, 2.24) is 5.32 Å². The normalized spacial score (nSPS) is 13.5. The summed E-state index contributed by atoms with van der Waals surface area (Å²) in [5.74, 6) is -1.00. The Hall–Kier alpha value is -1.44. The van der Waals surface area contributed by atoms with Crippen molar-refractivity contribution in [2.45, 2.75) is 251 Å². The van der Waals surface area contributed by atoms with Crippen LogP contribution in [0.5, 0.6) is 0 Å². The number of hydrogen-bond acceptors (Lipinski definition) is 4. The molecule has 54 heavy (non-hydrogen) atoms. The lowest BCUT2D eigenvalue weighted by Crippen LogP contribution is -2.46. The molecule has 1 amide bonds. The van der Waals surface area contributed by atoms with Crippen molar-refractivity contribution in [3.63, 3.8) is 0 Å². The molecule has 2 atom stereocenters. The summed E-state index contributed by atoms with van der Waals surface area (Å²) in [4.78, 5) is 12.5. The molecular weight excluding hydrogens is 691 g/mol. The molecule has 0 saturated carbocycles. The third-order valence-electron chi connectivity index (χ3n) is 10.5. The Kier molecular flexibility index (Phi) is 40.1. The van der Waals surface area contributed by atoms with Crippen molar-refractivity contribution in [2.75, 3.05) is 5.75 Å². The van der Waals surface area contributed by atoms with E-state index in [9.17, 15) is 22.9 Å². The van der Waals surface area contributed by atoms with E-state index in [1.54, 1.807) is 0 Å². The van der Waals surface area contributed by atoms with Gasteiger partial charge >= 0.3 is 0 Å². The molecule has 0 heterocycles. The van der Waals surface area contributed by atoms with Crippen LogP contribution in [0.2, 0.25) is 0 Å². The predicted octanol–water partition coefficient (Wildman–Crippen LogP) is 14.1. The zero-order valence-corrected chi connectivity index (χ0v) is 36.4. The number of hydrogen-bond donors (Lipinski definition) is 3. The van der Waals surface area contributed by atoms with Crippen molar-refractivity contribution in [3.05, 3.63) is 36.5 Å². The third kappa shape index (κ3) is 41.7. The molecule has 0 aliphatic carbocycles. The second kappa shape index (κ2) is 41.2. The molecule has 0 aromatic heterocycles. The van der Waals surface area contributed by atoms with Crippen LogP contribution in [0, 0.1) is 0 Å². The maximum Gasteiger partial charge on any atom is 0.267 e. The van der Waals surface area contributed by atoms with E-state index in [4.69, 9.17) is 0 Å². The minimum absolute atomic E-state index is 0.288. The molecule has 2 unspecified atom stereocenters. The Balaban J connectivity index is 3.90. The fourth-order valence-corrected chi connectivity index (χ4v) is 7.81. The zero-order valence-electron chi connectivity index (χ0n) is 35.6. The van der Waals surface area contributed by atoms with E-state index in [0.717, 1.165) is 38.5 Å². The van der Waals surface area contributed by atoms with Crippen LogP contribution in [0.25, 0.3) is 0 Å². The van der Waals surface area contributed by atoms with E-state index in [1.807, 2.05) is 6.08 Å². The van der Waals surface area contributed by atoms with Gasteiger partial charge in [0.2, 0.25) is 5.91 Å². The largest absolute Gasteiger partial charge is 0.387 e. The lowest BCUT2D eigenvalue weighted by Gasteiger charge is -2.21. The summed E-state index contributed by atoms with van der Waals surface area (Å²) in [6.45, 7) is 4.54. The Labute approximate surface area is 336 Å². The van der Waals surface area contributed by atoms with E-state index in [0.29, 0.717) is 6.42 Å². The Morgan fingerprint density at radius 2 is 0.796 bits per heavy atom. The van der Waals surface area contributed by atoms with Crippen molar-refractivity contribution >= 4 is 16.0 Å². The number of nitrogens with one attached hydrogen (secondary N) is 1. The Morgan fingerprint density at radius 1 is 0.481 bits per heavy atom. The van der Waals surface area contributed by atoms with Gasteiger partial charge in [0, 0.05) is 6.42 Å². The van der Waals surface area contributed by atoms with Crippen LogP contribution in [0.4, 0.5) is 0 Å². The van der Waals surface area contributed by atoms with E-state index >= 15 is 0 Å². The highest BCUT2D eigenvalue weighted by atomic mass is 32.2. The van der Waals surface area contributed by atoms with Gasteiger partial charge < -0.3 is 10.4 Å². The van der Waals surface area contributed by atoms with Gasteiger partial charge in [-0.1, -0.05) is 224 Å². The zero-order chi connectivity index (χ0) is 39.6. The quantitative estimate of drug-likeness (QED) is 0.0325. The number of aliphatic hydroxyl groups is 1. The van der Waals surface area contributed by atoms with Gasteiger partial charge in [-0.05, 0) is 44.9 Å². The first-order valence-corrected chi connectivity index (χ1v) is 24.8. The SMILES string of the molecule is CCCCCCCCCCC/C=C/CC/C=C/CC/C=C/C(O)C(CS(=O)(=O)O)NC(=O)CCCCCCCCCCCCCCCCCCCCCC. The maximum atomic E-state index is 12.5. The molecule has 0 fully saturated rings. The van der Waals surface area contributed by atoms with Gasteiger partial charge in [-0.25, -0.2) is 0 Å². The van der Waals surface area contributed by atoms with Crippen molar-refractivity contribution in [3.8, 4) is 0 Å². The molecule has 0 aliphatic heterocycles. The topological polar surface area (TPSA) is 104 Å². The molecule has 6 nitrogen and oxygen atoms in total. The summed E-state index contributed by atoms with van der Waals surface area (Å²) in [6.07, 6.45) is 54.3. The summed E-state index contributed by atoms with van der Waals surface area (Å²) in [5.41, 5.74) is 0. The van der Waals surface area contributed by atoms with Crippen molar-refractivity contribution in [1.29, 1.82) is 0 Å². The fraction of sp³-hybridized carbons (Fsp3) is 0.851. The van der Waals surface area contributed by atoms with E-state index in [2.05, 4.69) is 43.5 Å². The molecule has 3 N–H and O–H groups in total. The molecule has 0 rings (SSSR count). The second-order valence-electron chi connectivity index (χ2n) is 16.0. The van der Waals surface area contributed by atoms with Crippen LogP contribution < -0.4 is 5.32 Å². The highest BCUT2D eigenvalue weighted by Crippen LogP contribution is 2.16. The summed E-state index contributed by atoms with van der Waals surface area (Å²) in [5, 5.41) is 13.2. The van der Waals surface area contributed by atoms with Gasteiger partial charge in [0.15, 0.2) is 0 Å². The standard InChI is InChI=1S/C47H89NO5S/c1-3-5-7-9-11-13-15-17-19-21-23-25-27-29-31-33-35-37-39-41-43-47(50)48-45(44-54(51,52)53)46(49)42-40-38-36-34-32-30-28-26-24-22-20-18-16-14-12-10-8-6-4-2/h24,26,32,34,40,42,45-46,49H,3-23,25,27-31,33,35-39,41,43-44H2,1-2H3,(H,48,50)(H,51,52,53)/b26-24+,34-32+,42-40+. The van der Waals surface area contributed by atoms with Crippen LogP contribution >= 0.6 is 0 Å². The molecule has 318 valence electrons. The Bertz CT molecular complexity index is 992. The fourth-order valence-electron chi connectivity index (χ4n) is 7.07. The number of amides is 1. The average Bonchev–Trinajstić information content (AvgIpc) is 3.14. The molecule has 0 spiro atoms. The lowest BCUT2D eigenvalue weighted by molar-refractivity contribution is -0.122. The predicted molar refractivity (Wildman–Crippen MR) is 235 cm³/mol. The third-order valence-corrected chi connectivity index (χ3v) is 11.3. The molecule has 7 heteroatoms. The number of aliphatic hydroxyl groups excluding tert-OH is 1. The van der Waals surface area contributed by atoms with Gasteiger partial charge in [0.05, 0.1) is 17.9 Å². The minimum Gasteiger partial charge on any atom is -0.387 e. The van der Waals surface area contributed by atoms with Crippen LogP contribution in [-0.2, 0) is 14.9 Å². The van der Waals surface area contributed by atoms with Crippen molar-refractivity contribution < 1.29 is 22.9 Å². The molecule has 0 saturated heterocycles. The van der Waals surface area contributed by atoms with Crippen molar-refractivity contribution in [2.24, 2.45) is 0 Å². The number of rotatable bonds is 42. The molecular formula is C47H89NO5S. The van der Waals surface area contributed by atoms with Crippen LogP contribution in [0.15, 0.2) is 36.5 Å². The molecule has 0 aliphatic rings. The summed E-state index contributed by atoms with van der Waals surface area (Å²) < 4.78 is 32.6. The first-order chi connectivity index (χ1) is 26.3. The van der Waals surface area contributed by atoms with E-state index in [-0.39, 0.29) is 12.3 Å². The van der Waals surface area contributed by atoms with Gasteiger partial charge in [-0.2, -0.15) is 8.42 Å².